The van der Waals surface area contributed by atoms with Crippen LogP contribution < -0.4 is 0 Å². The van der Waals surface area contributed by atoms with Gasteiger partial charge >= 0.3 is 5.97 Å². The van der Waals surface area contributed by atoms with Gasteiger partial charge in [0.15, 0.2) is 0 Å². The Balaban J connectivity index is 2.56. The van der Waals surface area contributed by atoms with Gasteiger partial charge < -0.3 is 14.7 Å². The molecule has 1 atom stereocenters. The minimum atomic E-state index is -0.931. The molecule has 0 fully saturated rings. The SMILES string of the molecule is CCOCCCN(CC(C)C(=O)O)C(=O)Cn1cnnn1. The first-order chi connectivity index (χ1) is 10.0. The number of carboxylic acids is 1. The van der Waals surface area contributed by atoms with Crippen molar-refractivity contribution in [3.05, 3.63) is 6.33 Å². The summed E-state index contributed by atoms with van der Waals surface area (Å²) in [5.41, 5.74) is 0. The third-order valence-electron chi connectivity index (χ3n) is 2.88. The van der Waals surface area contributed by atoms with E-state index in [9.17, 15) is 9.59 Å². The molecule has 0 aliphatic carbocycles. The van der Waals surface area contributed by atoms with E-state index in [2.05, 4.69) is 15.5 Å². The minimum Gasteiger partial charge on any atom is -0.481 e. The highest BCUT2D eigenvalue weighted by atomic mass is 16.5. The van der Waals surface area contributed by atoms with Crippen molar-refractivity contribution < 1.29 is 19.4 Å². The van der Waals surface area contributed by atoms with Crippen LogP contribution in [0.3, 0.4) is 0 Å². The van der Waals surface area contributed by atoms with Crippen LogP contribution in [0.1, 0.15) is 20.3 Å². The topological polar surface area (TPSA) is 110 Å². The standard InChI is InChI=1S/C12H21N5O4/c1-3-21-6-4-5-16(7-10(2)12(19)20)11(18)8-17-9-13-14-15-17/h9-10H,3-8H2,1-2H3,(H,19,20). The summed E-state index contributed by atoms with van der Waals surface area (Å²) >= 11 is 0. The molecule has 1 unspecified atom stereocenters. The van der Waals surface area contributed by atoms with Gasteiger partial charge in [0.1, 0.15) is 12.9 Å². The normalized spacial score (nSPS) is 12.1. The summed E-state index contributed by atoms with van der Waals surface area (Å²) in [5, 5.41) is 19.5. The Morgan fingerprint density at radius 3 is 2.81 bits per heavy atom. The molecule has 0 bridgehead atoms. The van der Waals surface area contributed by atoms with Crippen LogP contribution in [-0.2, 0) is 20.9 Å². The molecular weight excluding hydrogens is 278 g/mol. The molecule has 21 heavy (non-hydrogen) atoms. The van der Waals surface area contributed by atoms with Crippen LogP contribution in [-0.4, -0.2) is 68.4 Å². The number of aromatic nitrogens is 4. The van der Waals surface area contributed by atoms with Gasteiger partial charge in [-0.3, -0.25) is 9.59 Å². The highest BCUT2D eigenvalue weighted by molar-refractivity contribution is 5.77. The molecule has 0 aromatic carbocycles. The number of nitrogens with zero attached hydrogens (tertiary/aromatic N) is 5. The van der Waals surface area contributed by atoms with Gasteiger partial charge in [-0.25, -0.2) is 4.68 Å². The molecule has 1 amide bonds. The van der Waals surface area contributed by atoms with E-state index >= 15 is 0 Å². The lowest BCUT2D eigenvalue weighted by Crippen LogP contribution is -2.40. The quantitative estimate of drug-likeness (QED) is 0.588. The van der Waals surface area contributed by atoms with Gasteiger partial charge in [-0.15, -0.1) is 5.10 Å². The molecule has 1 rings (SSSR count). The summed E-state index contributed by atoms with van der Waals surface area (Å²) in [6, 6.07) is 0. The molecule has 0 saturated heterocycles. The lowest BCUT2D eigenvalue weighted by atomic mass is 10.1. The van der Waals surface area contributed by atoms with Gasteiger partial charge in [0, 0.05) is 26.3 Å². The van der Waals surface area contributed by atoms with Crippen LogP contribution in [0.5, 0.6) is 0 Å². The summed E-state index contributed by atoms with van der Waals surface area (Å²) in [5.74, 6) is -1.78. The van der Waals surface area contributed by atoms with Crippen molar-refractivity contribution in [3.8, 4) is 0 Å². The van der Waals surface area contributed by atoms with Gasteiger partial charge in [0.05, 0.1) is 5.92 Å². The second-order valence-electron chi connectivity index (χ2n) is 4.64. The van der Waals surface area contributed by atoms with E-state index in [1.807, 2.05) is 6.92 Å². The number of tetrazole rings is 1. The van der Waals surface area contributed by atoms with E-state index in [1.54, 1.807) is 6.92 Å². The third-order valence-corrected chi connectivity index (χ3v) is 2.88. The van der Waals surface area contributed by atoms with E-state index in [1.165, 1.54) is 15.9 Å². The summed E-state index contributed by atoms with van der Waals surface area (Å²) in [6.45, 7) is 5.21. The largest absolute Gasteiger partial charge is 0.481 e. The average molecular weight is 299 g/mol. The highest BCUT2D eigenvalue weighted by Gasteiger charge is 2.20. The van der Waals surface area contributed by atoms with Crippen LogP contribution in [0.25, 0.3) is 0 Å². The Labute approximate surface area is 122 Å². The number of rotatable bonds is 10. The second kappa shape index (κ2) is 9.01. The monoisotopic (exact) mass is 299 g/mol. The van der Waals surface area contributed by atoms with Crippen LogP contribution in [0.4, 0.5) is 0 Å². The van der Waals surface area contributed by atoms with Crippen molar-refractivity contribution in [3.63, 3.8) is 0 Å². The van der Waals surface area contributed by atoms with Gasteiger partial charge in [-0.1, -0.05) is 6.92 Å². The Morgan fingerprint density at radius 2 is 2.24 bits per heavy atom. The molecule has 9 nitrogen and oxygen atoms in total. The first-order valence-corrected chi connectivity index (χ1v) is 6.83. The van der Waals surface area contributed by atoms with Crippen molar-refractivity contribution in [2.45, 2.75) is 26.8 Å². The van der Waals surface area contributed by atoms with Crippen molar-refractivity contribution in [1.82, 2.24) is 25.1 Å². The predicted octanol–water partition coefficient (Wildman–Crippen LogP) is -0.351. The number of hydrogen-bond donors (Lipinski definition) is 1. The smallest absolute Gasteiger partial charge is 0.308 e. The van der Waals surface area contributed by atoms with E-state index in [-0.39, 0.29) is 19.0 Å². The number of aliphatic carboxylic acids is 1. The summed E-state index contributed by atoms with van der Waals surface area (Å²) in [6.07, 6.45) is 2.00. The molecule has 0 spiro atoms. The fraction of sp³-hybridized carbons (Fsp3) is 0.750. The van der Waals surface area contributed by atoms with Gasteiger partial charge in [0.2, 0.25) is 5.91 Å². The number of amides is 1. The molecule has 1 aromatic heterocycles. The van der Waals surface area contributed by atoms with Crippen molar-refractivity contribution >= 4 is 11.9 Å². The number of carbonyl (C=O) groups excluding carboxylic acids is 1. The first kappa shape index (κ1) is 17.0. The highest BCUT2D eigenvalue weighted by Crippen LogP contribution is 2.04. The van der Waals surface area contributed by atoms with Crippen LogP contribution in [0.2, 0.25) is 0 Å². The number of carbonyl (C=O) groups is 2. The van der Waals surface area contributed by atoms with E-state index in [0.29, 0.717) is 26.2 Å². The molecule has 0 radical (unpaired) electrons. The van der Waals surface area contributed by atoms with E-state index in [0.717, 1.165) is 0 Å². The zero-order chi connectivity index (χ0) is 15.7. The summed E-state index contributed by atoms with van der Waals surface area (Å²) in [7, 11) is 0. The Hall–Kier alpha value is -2.03. The Bertz CT molecular complexity index is 437. The molecular formula is C12H21N5O4. The first-order valence-electron chi connectivity index (χ1n) is 6.83. The Kier molecular flexibility index (Phi) is 7.30. The van der Waals surface area contributed by atoms with Crippen molar-refractivity contribution in [2.24, 2.45) is 5.92 Å². The predicted molar refractivity (Wildman–Crippen MR) is 72.3 cm³/mol. The number of carboxylic acid groups (broad SMARTS) is 1. The maximum atomic E-state index is 12.2. The molecule has 118 valence electrons. The fourth-order valence-electron chi connectivity index (χ4n) is 1.72. The molecule has 0 aliphatic heterocycles. The molecule has 0 aliphatic rings. The summed E-state index contributed by atoms with van der Waals surface area (Å²) < 4.78 is 6.54. The Morgan fingerprint density at radius 1 is 1.48 bits per heavy atom. The number of ether oxygens (including phenoxy) is 1. The van der Waals surface area contributed by atoms with E-state index in [4.69, 9.17) is 9.84 Å². The molecule has 0 saturated carbocycles. The summed E-state index contributed by atoms with van der Waals surface area (Å²) in [4.78, 5) is 24.7. The lowest BCUT2D eigenvalue weighted by molar-refractivity contribution is -0.143. The fourth-order valence-corrected chi connectivity index (χ4v) is 1.72. The van der Waals surface area contributed by atoms with Crippen molar-refractivity contribution in [2.75, 3.05) is 26.3 Å². The minimum absolute atomic E-state index is 0.00598. The van der Waals surface area contributed by atoms with Crippen molar-refractivity contribution in [1.29, 1.82) is 0 Å². The zero-order valence-electron chi connectivity index (χ0n) is 12.3. The van der Waals surface area contributed by atoms with Crippen LogP contribution in [0.15, 0.2) is 6.33 Å². The van der Waals surface area contributed by atoms with Crippen LogP contribution in [0, 0.1) is 5.92 Å². The maximum absolute atomic E-state index is 12.2. The molecule has 1 aromatic rings. The molecule has 9 heteroatoms. The van der Waals surface area contributed by atoms with Gasteiger partial charge in [-0.05, 0) is 23.8 Å². The van der Waals surface area contributed by atoms with Crippen LogP contribution >= 0.6 is 0 Å². The molecule has 1 heterocycles. The second-order valence-corrected chi connectivity index (χ2v) is 4.64. The zero-order valence-corrected chi connectivity index (χ0v) is 12.3. The third kappa shape index (κ3) is 6.30. The number of hydrogen-bond acceptors (Lipinski definition) is 6. The lowest BCUT2D eigenvalue weighted by Gasteiger charge is -2.24. The van der Waals surface area contributed by atoms with Gasteiger partial charge in [-0.2, -0.15) is 0 Å². The average Bonchev–Trinajstić information content (AvgIpc) is 2.94. The van der Waals surface area contributed by atoms with E-state index < -0.39 is 11.9 Å². The molecule has 1 N–H and O–H groups in total. The van der Waals surface area contributed by atoms with Gasteiger partial charge in [0.25, 0.3) is 0 Å². The maximum Gasteiger partial charge on any atom is 0.308 e.